The highest BCUT2D eigenvalue weighted by Crippen LogP contribution is 2.19. The minimum absolute atomic E-state index is 0.709. The third-order valence-corrected chi connectivity index (χ3v) is 2.64. The molecule has 0 radical (unpaired) electrons. The van der Waals surface area contributed by atoms with Crippen molar-refractivity contribution in [2.45, 2.75) is 19.8 Å². The summed E-state index contributed by atoms with van der Waals surface area (Å²) in [6.45, 7) is 3.78. The summed E-state index contributed by atoms with van der Waals surface area (Å²) in [5.74, 6) is 0. The first kappa shape index (κ1) is 10.2. The molecule has 2 N–H and O–H groups in total. The number of benzene rings is 1. The summed E-state index contributed by atoms with van der Waals surface area (Å²) >= 11 is 0. The van der Waals surface area contributed by atoms with Gasteiger partial charge in [0, 0.05) is 18.7 Å². The van der Waals surface area contributed by atoms with Crippen LogP contribution in [0.1, 0.15) is 18.9 Å². The molecule has 0 saturated carbocycles. The minimum atomic E-state index is 0.709. The van der Waals surface area contributed by atoms with E-state index in [2.05, 4.69) is 41.3 Å². The van der Waals surface area contributed by atoms with E-state index in [0.717, 1.165) is 19.4 Å². The Morgan fingerprint density at radius 3 is 2.60 bits per heavy atom. The van der Waals surface area contributed by atoms with Crippen LogP contribution >= 0.6 is 0 Å². The molecule has 1 aliphatic rings. The molecule has 0 aromatic heterocycles. The highest BCUT2D eigenvalue weighted by molar-refractivity contribution is 5.85. The second-order valence-corrected chi connectivity index (χ2v) is 3.91. The van der Waals surface area contributed by atoms with Gasteiger partial charge in [0.25, 0.3) is 0 Å². The van der Waals surface area contributed by atoms with Crippen molar-refractivity contribution < 1.29 is 0 Å². The largest absolute Gasteiger partial charge is 0.330 e. The summed E-state index contributed by atoms with van der Waals surface area (Å²) in [6, 6.07) is 8.50. The number of nitrogens with two attached hydrogens (primary N) is 1. The summed E-state index contributed by atoms with van der Waals surface area (Å²) in [6.07, 6.45) is 2.02. The van der Waals surface area contributed by atoms with Gasteiger partial charge in [0.15, 0.2) is 0 Å². The van der Waals surface area contributed by atoms with Gasteiger partial charge in [-0.25, -0.2) is 0 Å². The molecule has 1 heterocycles. The molecule has 0 unspecified atom stereocenters. The van der Waals surface area contributed by atoms with Gasteiger partial charge >= 0.3 is 0 Å². The Kier molecular flexibility index (Phi) is 3.02. The SMILES string of the molecule is CC1=NN(c2ccc(CCN)cc2)CC1. The maximum Gasteiger partial charge on any atom is 0.0594 e. The molecule has 0 aliphatic carbocycles. The Hall–Kier alpha value is -1.35. The van der Waals surface area contributed by atoms with Gasteiger partial charge in [-0.2, -0.15) is 5.10 Å². The lowest BCUT2D eigenvalue weighted by Crippen LogP contribution is -2.11. The molecular formula is C12H17N3. The molecule has 80 valence electrons. The van der Waals surface area contributed by atoms with Crippen LogP contribution in [-0.4, -0.2) is 18.8 Å². The van der Waals surface area contributed by atoms with Crippen molar-refractivity contribution in [2.24, 2.45) is 10.8 Å². The zero-order valence-electron chi connectivity index (χ0n) is 9.11. The lowest BCUT2D eigenvalue weighted by atomic mass is 10.1. The minimum Gasteiger partial charge on any atom is -0.330 e. The van der Waals surface area contributed by atoms with E-state index in [4.69, 9.17) is 5.73 Å². The van der Waals surface area contributed by atoms with E-state index in [1.54, 1.807) is 0 Å². The average molecular weight is 203 g/mol. The van der Waals surface area contributed by atoms with Gasteiger partial charge in [-0.15, -0.1) is 0 Å². The number of hydrogen-bond acceptors (Lipinski definition) is 3. The summed E-state index contributed by atoms with van der Waals surface area (Å²) in [5, 5.41) is 6.52. The molecule has 0 fully saturated rings. The molecule has 3 heteroatoms. The fourth-order valence-electron chi connectivity index (χ4n) is 1.76. The van der Waals surface area contributed by atoms with E-state index in [0.29, 0.717) is 6.54 Å². The first-order valence-corrected chi connectivity index (χ1v) is 5.40. The maximum absolute atomic E-state index is 5.51. The molecule has 0 amide bonds. The van der Waals surface area contributed by atoms with Crippen LogP contribution in [0, 0.1) is 0 Å². The Morgan fingerprint density at radius 2 is 2.07 bits per heavy atom. The zero-order valence-corrected chi connectivity index (χ0v) is 9.11. The van der Waals surface area contributed by atoms with Crippen LogP contribution in [-0.2, 0) is 6.42 Å². The molecule has 0 atom stereocenters. The molecular weight excluding hydrogens is 186 g/mol. The predicted octanol–water partition coefficient (Wildman–Crippen LogP) is 1.77. The van der Waals surface area contributed by atoms with Gasteiger partial charge in [0.2, 0.25) is 0 Å². The van der Waals surface area contributed by atoms with E-state index in [9.17, 15) is 0 Å². The number of anilines is 1. The molecule has 0 bridgehead atoms. The Morgan fingerprint density at radius 1 is 1.33 bits per heavy atom. The van der Waals surface area contributed by atoms with E-state index < -0.39 is 0 Å². The lowest BCUT2D eigenvalue weighted by Gasteiger charge is -2.13. The molecule has 1 aromatic rings. The third kappa shape index (κ3) is 2.36. The van der Waals surface area contributed by atoms with Crippen molar-refractivity contribution in [3.8, 4) is 0 Å². The molecule has 1 aromatic carbocycles. The van der Waals surface area contributed by atoms with E-state index in [1.807, 2.05) is 0 Å². The van der Waals surface area contributed by atoms with Crippen LogP contribution in [0.4, 0.5) is 5.69 Å². The van der Waals surface area contributed by atoms with Crippen molar-refractivity contribution in [3.63, 3.8) is 0 Å². The quantitative estimate of drug-likeness (QED) is 0.813. The second-order valence-electron chi connectivity index (χ2n) is 3.91. The van der Waals surface area contributed by atoms with Gasteiger partial charge < -0.3 is 5.73 Å². The first-order chi connectivity index (χ1) is 7.29. The zero-order chi connectivity index (χ0) is 10.7. The Labute approximate surface area is 90.6 Å². The topological polar surface area (TPSA) is 41.6 Å². The van der Waals surface area contributed by atoms with Gasteiger partial charge in [-0.3, -0.25) is 5.01 Å². The summed E-state index contributed by atoms with van der Waals surface area (Å²) in [4.78, 5) is 0. The molecule has 3 nitrogen and oxygen atoms in total. The van der Waals surface area contributed by atoms with Gasteiger partial charge in [0.05, 0.1) is 5.69 Å². The summed E-state index contributed by atoms with van der Waals surface area (Å²) < 4.78 is 0. The van der Waals surface area contributed by atoms with Gasteiger partial charge in [-0.1, -0.05) is 12.1 Å². The monoisotopic (exact) mass is 203 g/mol. The fraction of sp³-hybridized carbons (Fsp3) is 0.417. The number of rotatable bonds is 3. The van der Waals surface area contributed by atoms with Crippen molar-refractivity contribution >= 4 is 11.4 Å². The van der Waals surface area contributed by atoms with Crippen LogP contribution in [0.25, 0.3) is 0 Å². The number of hydrogen-bond donors (Lipinski definition) is 1. The van der Waals surface area contributed by atoms with Crippen LogP contribution in [0.15, 0.2) is 29.4 Å². The standard InChI is InChI=1S/C12H17N3/c1-10-7-9-15(14-10)12-4-2-11(3-5-12)6-8-13/h2-5H,6-9,13H2,1H3. The van der Waals surface area contributed by atoms with Crippen molar-refractivity contribution in [1.82, 2.24) is 0 Å². The third-order valence-electron chi connectivity index (χ3n) is 2.64. The van der Waals surface area contributed by atoms with Crippen molar-refractivity contribution in [3.05, 3.63) is 29.8 Å². The van der Waals surface area contributed by atoms with E-state index in [1.165, 1.54) is 17.0 Å². The van der Waals surface area contributed by atoms with Crippen LogP contribution in [0.5, 0.6) is 0 Å². The van der Waals surface area contributed by atoms with Gasteiger partial charge in [0.1, 0.15) is 0 Å². The molecule has 15 heavy (non-hydrogen) atoms. The summed E-state index contributed by atoms with van der Waals surface area (Å²) in [7, 11) is 0. The normalized spacial score (nSPS) is 15.6. The molecule has 0 saturated heterocycles. The van der Waals surface area contributed by atoms with Gasteiger partial charge in [-0.05, 0) is 37.6 Å². The molecule has 2 rings (SSSR count). The summed E-state index contributed by atoms with van der Waals surface area (Å²) in [5.41, 5.74) is 9.18. The highest BCUT2D eigenvalue weighted by atomic mass is 15.5. The maximum atomic E-state index is 5.51. The van der Waals surface area contributed by atoms with E-state index in [-0.39, 0.29) is 0 Å². The van der Waals surface area contributed by atoms with E-state index >= 15 is 0 Å². The Balaban J connectivity index is 2.10. The number of hydrazone groups is 1. The fourth-order valence-corrected chi connectivity index (χ4v) is 1.76. The van der Waals surface area contributed by atoms with Crippen LogP contribution < -0.4 is 10.7 Å². The molecule has 1 aliphatic heterocycles. The lowest BCUT2D eigenvalue weighted by molar-refractivity contribution is 0.918. The van der Waals surface area contributed by atoms with Crippen molar-refractivity contribution in [2.75, 3.05) is 18.1 Å². The molecule has 0 spiro atoms. The smallest absolute Gasteiger partial charge is 0.0594 e. The second kappa shape index (κ2) is 4.45. The van der Waals surface area contributed by atoms with Crippen LogP contribution in [0.2, 0.25) is 0 Å². The Bertz CT molecular complexity index is 354. The number of nitrogens with zero attached hydrogens (tertiary/aromatic N) is 2. The average Bonchev–Trinajstić information content (AvgIpc) is 2.67. The first-order valence-electron chi connectivity index (χ1n) is 5.40. The predicted molar refractivity (Wildman–Crippen MR) is 64.3 cm³/mol. The van der Waals surface area contributed by atoms with Crippen LogP contribution in [0.3, 0.4) is 0 Å². The van der Waals surface area contributed by atoms with Crippen molar-refractivity contribution in [1.29, 1.82) is 0 Å². The highest BCUT2D eigenvalue weighted by Gasteiger charge is 2.11.